The highest BCUT2D eigenvalue weighted by atomic mass is 16.5. The lowest BCUT2D eigenvalue weighted by molar-refractivity contribution is -0.141. The van der Waals surface area contributed by atoms with E-state index in [4.69, 9.17) is 19.3 Å². The molecule has 0 spiro atoms. The molecule has 0 amide bonds. The van der Waals surface area contributed by atoms with Crippen LogP contribution in [0.5, 0.6) is 5.75 Å². The van der Waals surface area contributed by atoms with Crippen molar-refractivity contribution in [2.75, 3.05) is 27.4 Å². The van der Waals surface area contributed by atoms with Crippen molar-refractivity contribution in [2.45, 2.75) is 45.8 Å². The van der Waals surface area contributed by atoms with Crippen molar-refractivity contribution in [3.05, 3.63) is 35.7 Å². The number of Topliss-reactive ketones (excluding diaryl/α,β-unsaturated/α-hetero) is 1. The Bertz CT molecular complexity index is 1050. The SMILES string of the molecule is CCOC(=O)C1=CN2C(CC1=O)c1c3cccc(OC)c3nn1CC2C(C)(C)COC. The third-order valence-electron chi connectivity index (χ3n) is 6.25. The average Bonchev–Trinajstić information content (AvgIpc) is 3.11. The lowest BCUT2D eigenvalue weighted by atomic mass is 9.80. The van der Waals surface area contributed by atoms with Gasteiger partial charge in [-0.1, -0.05) is 26.0 Å². The molecule has 166 valence electrons. The van der Waals surface area contributed by atoms with Crippen LogP contribution in [0, 0.1) is 5.41 Å². The van der Waals surface area contributed by atoms with Crippen molar-refractivity contribution in [3.8, 4) is 5.75 Å². The largest absolute Gasteiger partial charge is 0.494 e. The molecule has 0 aliphatic carbocycles. The summed E-state index contributed by atoms with van der Waals surface area (Å²) in [4.78, 5) is 27.6. The van der Waals surface area contributed by atoms with E-state index in [0.717, 1.165) is 16.6 Å². The van der Waals surface area contributed by atoms with Gasteiger partial charge in [0.05, 0.1) is 44.6 Å². The van der Waals surface area contributed by atoms with Crippen molar-refractivity contribution in [1.82, 2.24) is 14.7 Å². The molecule has 0 radical (unpaired) electrons. The number of ketones is 1. The van der Waals surface area contributed by atoms with Gasteiger partial charge < -0.3 is 19.1 Å². The Hall–Kier alpha value is -2.87. The van der Waals surface area contributed by atoms with Gasteiger partial charge in [-0.05, 0) is 13.0 Å². The van der Waals surface area contributed by atoms with Gasteiger partial charge in [0.1, 0.15) is 16.8 Å². The number of nitrogens with zero attached hydrogens (tertiary/aromatic N) is 3. The van der Waals surface area contributed by atoms with Crippen LogP contribution in [0.3, 0.4) is 0 Å². The molecule has 8 heteroatoms. The van der Waals surface area contributed by atoms with Crippen molar-refractivity contribution in [3.63, 3.8) is 0 Å². The zero-order chi connectivity index (χ0) is 22.3. The Morgan fingerprint density at radius 1 is 1.29 bits per heavy atom. The molecule has 0 N–H and O–H groups in total. The van der Waals surface area contributed by atoms with Gasteiger partial charge in [0, 0.05) is 30.5 Å². The lowest BCUT2D eigenvalue weighted by Gasteiger charge is -2.49. The summed E-state index contributed by atoms with van der Waals surface area (Å²) in [6.45, 7) is 7.33. The van der Waals surface area contributed by atoms with Crippen LogP contribution in [0.1, 0.15) is 38.9 Å². The monoisotopic (exact) mass is 427 g/mol. The Morgan fingerprint density at radius 2 is 2.06 bits per heavy atom. The number of methoxy groups -OCH3 is 2. The summed E-state index contributed by atoms with van der Waals surface area (Å²) in [5, 5.41) is 5.80. The minimum atomic E-state index is -0.570. The zero-order valence-corrected chi connectivity index (χ0v) is 18.7. The molecule has 2 aromatic rings. The molecule has 1 aromatic heterocycles. The summed E-state index contributed by atoms with van der Waals surface area (Å²) in [7, 11) is 3.31. The molecule has 0 fully saturated rings. The molecular weight excluding hydrogens is 398 g/mol. The smallest absolute Gasteiger partial charge is 0.343 e. The molecule has 0 bridgehead atoms. The number of aromatic nitrogens is 2. The normalized spacial score (nSPS) is 20.9. The van der Waals surface area contributed by atoms with E-state index in [1.54, 1.807) is 27.3 Å². The van der Waals surface area contributed by atoms with Gasteiger partial charge in [-0.25, -0.2) is 4.79 Å². The first-order chi connectivity index (χ1) is 14.8. The Balaban J connectivity index is 1.89. The van der Waals surface area contributed by atoms with Gasteiger partial charge >= 0.3 is 5.97 Å². The van der Waals surface area contributed by atoms with Crippen molar-refractivity contribution in [1.29, 1.82) is 0 Å². The number of rotatable bonds is 6. The Labute approximate surface area is 181 Å². The molecular formula is C23H29N3O5. The van der Waals surface area contributed by atoms with Gasteiger partial charge in [-0.15, -0.1) is 0 Å². The van der Waals surface area contributed by atoms with E-state index in [1.165, 1.54) is 0 Å². The van der Waals surface area contributed by atoms with Crippen LogP contribution in [-0.2, 0) is 25.6 Å². The molecule has 0 saturated carbocycles. The minimum Gasteiger partial charge on any atom is -0.494 e. The second-order valence-corrected chi connectivity index (χ2v) is 8.71. The number of esters is 1. The Kier molecular flexibility index (Phi) is 5.51. The van der Waals surface area contributed by atoms with Crippen LogP contribution in [0.25, 0.3) is 10.9 Å². The quantitative estimate of drug-likeness (QED) is 0.518. The fraction of sp³-hybridized carbons (Fsp3) is 0.522. The number of carbonyl (C=O) groups is 2. The van der Waals surface area contributed by atoms with Gasteiger partial charge in [0.15, 0.2) is 5.78 Å². The predicted molar refractivity (Wildman–Crippen MR) is 115 cm³/mol. The molecule has 2 aliphatic rings. The maximum Gasteiger partial charge on any atom is 0.343 e. The van der Waals surface area contributed by atoms with Crippen molar-refractivity contribution in [2.24, 2.45) is 5.41 Å². The van der Waals surface area contributed by atoms with Gasteiger partial charge in [-0.2, -0.15) is 5.10 Å². The fourth-order valence-corrected chi connectivity index (χ4v) is 4.80. The molecule has 1 aromatic carbocycles. The lowest BCUT2D eigenvalue weighted by Crippen LogP contribution is -2.54. The first-order valence-electron chi connectivity index (χ1n) is 10.5. The third-order valence-corrected chi connectivity index (χ3v) is 6.25. The average molecular weight is 428 g/mol. The zero-order valence-electron chi connectivity index (χ0n) is 18.7. The van der Waals surface area contributed by atoms with Crippen LogP contribution in [0.2, 0.25) is 0 Å². The molecule has 2 atom stereocenters. The van der Waals surface area contributed by atoms with Crippen LogP contribution < -0.4 is 4.74 Å². The van der Waals surface area contributed by atoms with E-state index in [1.807, 2.05) is 22.9 Å². The maximum atomic E-state index is 13.0. The number of carbonyl (C=O) groups excluding carboxylic acids is 2. The molecule has 2 unspecified atom stereocenters. The standard InChI is InChI=1S/C23H29N3O5/c1-6-31-22(28)15-11-25-16(10-17(15)27)21-14-8-7-9-18(30-5)20(14)24-26(21)12-19(25)23(2,3)13-29-4/h7-9,11,16,19H,6,10,12-13H2,1-5H3. The highest BCUT2D eigenvalue weighted by Crippen LogP contribution is 2.45. The molecule has 2 aliphatic heterocycles. The number of hydrogen-bond acceptors (Lipinski definition) is 7. The molecule has 4 rings (SSSR count). The Morgan fingerprint density at radius 3 is 2.74 bits per heavy atom. The van der Waals surface area contributed by atoms with E-state index in [-0.39, 0.29) is 41.9 Å². The highest BCUT2D eigenvalue weighted by Gasteiger charge is 2.46. The van der Waals surface area contributed by atoms with Crippen LogP contribution in [-0.4, -0.2) is 59.9 Å². The molecule has 31 heavy (non-hydrogen) atoms. The second kappa shape index (κ2) is 8.00. The van der Waals surface area contributed by atoms with Crippen LogP contribution in [0.4, 0.5) is 0 Å². The summed E-state index contributed by atoms with van der Waals surface area (Å²) in [6, 6.07) is 5.54. The summed E-state index contributed by atoms with van der Waals surface area (Å²) < 4.78 is 18.2. The number of hydrogen-bond donors (Lipinski definition) is 0. The molecule has 3 heterocycles. The van der Waals surface area contributed by atoms with Crippen molar-refractivity contribution >= 4 is 22.7 Å². The highest BCUT2D eigenvalue weighted by molar-refractivity contribution is 6.18. The summed E-state index contributed by atoms with van der Waals surface area (Å²) in [6.07, 6.45) is 1.88. The first-order valence-corrected chi connectivity index (χ1v) is 10.5. The number of ether oxygens (including phenoxy) is 3. The van der Waals surface area contributed by atoms with Crippen LogP contribution in [0.15, 0.2) is 30.0 Å². The van der Waals surface area contributed by atoms with E-state index in [2.05, 4.69) is 18.7 Å². The first kappa shape index (κ1) is 21.4. The second-order valence-electron chi connectivity index (χ2n) is 8.71. The van der Waals surface area contributed by atoms with E-state index < -0.39 is 5.97 Å². The molecule has 8 nitrogen and oxygen atoms in total. The maximum absolute atomic E-state index is 13.0. The van der Waals surface area contributed by atoms with Gasteiger partial charge in [0.25, 0.3) is 0 Å². The predicted octanol–water partition coefficient (Wildman–Crippen LogP) is 2.86. The van der Waals surface area contributed by atoms with E-state index in [9.17, 15) is 9.59 Å². The minimum absolute atomic E-state index is 0.0391. The van der Waals surface area contributed by atoms with E-state index >= 15 is 0 Å². The number of benzene rings is 1. The topological polar surface area (TPSA) is 82.9 Å². The molecule has 0 saturated heterocycles. The van der Waals surface area contributed by atoms with Crippen molar-refractivity contribution < 1.29 is 23.8 Å². The van der Waals surface area contributed by atoms with E-state index in [0.29, 0.717) is 18.9 Å². The third kappa shape index (κ3) is 3.48. The van der Waals surface area contributed by atoms with Gasteiger partial charge in [0.2, 0.25) is 0 Å². The van der Waals surface area contributed by atoms with Crippen LogP contribution >= 0.6 is 0 Å². The summed E-state index contributed by atoms with van der Waals surface area (Å²) in [5.41, 5.74) is 1.58. The summed E-state index contributed by atoms with van der Waals surface area (Å²) in [5.74, 6) is -0.0860. The van der Waals surface area contributed by atoms with Gasteiger partial charge in [-0.3, -0.25) is 9.48 Å². The fourth-order valence-electron chi connectivity index (χ4n) is 4.80. The summed E-state index contributed by atoms with van der Waals surface area (Å²) >= 11 is 0. The number of fused-ring (bicyclic) bond motifs is 5.